The number of carbonyl (C=O) groups is 2. The maximum atomic E-state index is 11.8. The fourth-order valence-corrected chi connectivity index (χ4v) is 2.63. The molecule has 0 saturated heterocycles. The van der Waals surface area contributed by atoms with Gasteiger partial charge in [-0.05, 0) is 25.2 Å². The average Bonchev–Trinajstić information content (AvgIpc) is 2.57. The largest absolute Gasteiger partial charge is 0.480 e. The van der Waals surface area contributed by atoms with Gasteiger partial charge >= 0.3 is 5.97 Å². The van der Waals surface area contributed by atoms with Crippen LogP contribution >= 0.6 is 0 Å². The third-order valence-electron chi connectivity index (χ3n) is 3.66. The minimum atomic E-state index is -0.925. The van der Waals surface area contributed by atoms with E-state index in [1.165, 1.54) is 25.7 Å². The molecule has 0 aromatic carbocycles. The van der Waals surface area contributed by atoms with E-state index in [1.807, 2.05) is 6.92 Å². The van der Waals surface area contributed by atoms with E-state index in [1.54, 1.807) is 0 Å². The van der Waals surface area contributed by atoms with Crippen LogP contribution < -0.4 is 5.32 Å². The van der Waals surface area contributed by atoms with Crippen molar-refractivity contribution >= 4 is 11.9 Å². The first kappa shape index (κ1) is 15.0. The number of hydrogen-bond acceptors (Lipinski definition) is 2. The first-order valence-electron chi connectivity index (χ1n) is 7.15. The van der Waals surface area contributed by atoms with Crippen LogP contribution in [0.3, 0.4) is 0 Å². The summed E-state index contributed by atoms with van der Waals surface area (Å²) >= 11 is 0. The maximum Gasteiger partial charge on any atom is 0.326 e. The Bertz CT molecular complexity index is 270. The van der Waals surface area contributed by atoms with Crippen LogP contribution in [0.5, 0.6) is 0 Å². The number of rotatable bonds is 6. The second kappa shape index (κ2) is 8.11. The molecule has 1 fully saturated rings. The fourth-order valence-electron chi connectivity index (χ4n) is 2.63. The number of carboxylic acid groups (broad SMARTS) is 1. The highest BCUT2D eigenvalue weighted by molar-refractivity contribution is 5.83. The molecule has 1 rings (SSSR count). The highest BCUT2D eigenvalue weighted by Gasteiger charge is 2.21. The molecule has 1 aliphatic carbocycles. The zero-order valence-corrected chi connectivity index (χ0v) is 11.3. The lowest BCUT2D eigenvalue weighted by atomic mass is 9.96. The van der Waals surface area contributed by atoms with Crippen LogP contribution in [0.15, 0.2) is 0 Å². The van der Waals surface area contributed by atoms with Crippen molar-refractivity contribution in [3.8, 4) is 0 Å². The third kappa shape index (κ3) is 5.52. The van der Waals surface area contributed by atoms with Gasteiger partial charge in [0.25, 0.3) is 0 Å². The first-order valence-corrected chi connectivity index (χ1v) is 7.15. The molecule has 1 atom stereocenters. The summed E-state index contributed by atoms with van der Waals surface area (Å²) in [6.07, 6.45) is 8.93. The second-order valence-corrected chi connectivity index (χ2v) is 5.31. The van der Waals surface area contributed by atoms with Crippen LogP contribution in [0.4, 0.5) is 0 Å². The van der Waals surface area contributed by atoms with Crippen LogP contribution in [-0.2, 0) is 9.59 Å². The Morgan fingerprint density at radius 2 is 1.83 bits per heavy atom. The van der Waals surface area contributed by atoms with Crippen LogP contribution in [0.25, 0.3) is 0 Å². The van der Waals surface area contributed by atoms with Crippen LogP contribution in [0, 0.1) is 5.92 Å². The summed E-state index contributed by atoms with van der Waals surface area (Å²) in [5.41, 5.74) is 0. The summed E-state index contributed by atoms with van der Waals surface area (Å²) in [5, 5.41) is 11.6. The Morgan fingerprint density at radius 1 is 1.22 bits per heavy atom. The number of aliphatic carboxylic acids is 1. The van der Waals surface area contributed by atoms with Gasteiger partial charge in [0.2, 0.25) is 5.91 Å². The summed E-state index contributed by atoms with van der Waals surface area (Å²) in [4.78, 5) is 22.8. The molecule has 0 bridgehead atoms. The van der Waals surface area contributed by atoms with Crippen molar-refractivity contribution in [2.24, 2.45) is 5.92 Å². The van der Waals surface area contributed by atoms with Crippen molar-refractivity contribution in [2.75, 3.05) is 0 Å². The Balaban J connectivity index is 2.36. The van der Waals surface area contributed by atoms with Gasteiger partial charge in [0.15, 0.2) is 0 Å². The summed E-state index contributed by atoms with van der Waals surface area (Å²) in [5.74, 6) is -0.572. The molecule has 0 radical (unpaired) electrons. The third-order valence-corrected chi connectivity index (χ3v) is 3.66. The average molecular weight is 255 g/mol. The van der Waals surface area contributed by atoms with Gasteiger partial charge in [0, 0.05) is 6.42 Å². The molecule has 0 heterocycles. The van der Waals surface area contributed by atoms with Crippen molar-refractivity contribution in [2.45, 2.75) is 70.8 Å². The molecule has 1 saturated carbocycles. The summed E-state index contributed by atoms with van der Waals surface area (Å²) < 4.78 is 0. The number of carboxylic acids is 1. The lowest BCUT2D eigenvalue weighted by molar-refractivity contribution is -0.142. The van der Waals surface area contributed by atoms with E-state index >= 15 is 0 Å². The van der Waals surface area contributed by atoms with E-state index in [9.17, 15) is 9.59 Å². The molecule has 4 heteroatoms. The number of carbonyl (C=O) groups excluding carboxylic acids is 1. The second-order valence-electron chi connectivity index (χ2n) is 5.31. The van der Waals surface area contributed by atoms with Gasteiger partial charge in [0.1, 0.15) is 6.04 Å². The van der Waals surface area contributed by atoms with Crippen molar-refractivity contribution in [1.82, 2.24) is 5.32 Å². The van der Waals surface area contributed by atoms with Crippen molar-refractivity contribution in [3.63, 3.8) is 0 Å². The molecular weight excluding hydrogens is 230 g/mol. The van der Waals surface area contributed by atoms with Crippen molar-refractivity contribution in [3.05, 3.63) is 0 Å². The molecule has 0 aliphatic heterocycles. The molecule has 4 nitrogen and oxygen atoms in total. The smallest absolute Gasteiger partial charge is 0.326 e. The van der Waals surface area contributed by atoms with E-state index in [0.717, 1.165) is 19.3 Å². The molecule has 0 aromatic heterocycles. The molecular formula is C14H25NO3. The van der Waals surface area contributed by atoms with E-state index in [0.29, 0.717) is 18.8 Å². The lowest BCUT2D eigenvalue weighted by Gasteiger charge is -2.17. The fraction of sp³-hybridized carbons (Fsp3) is 0.857. The molecule has 0 aromatic rings. The van der Waals surface area contributed by atoms with Crippen LogP contribution in [0.2, 0.25) is 0 Å². The van der Waals surface area contributed by atoms with Gasteiger partial charge in [-0.15, -0.1) is 0 Å². The molecule has 104 valence electrons. The lowest BCUT2D eigenvalue weighted by Crippen LogP contribution is -2.41. The highest BCUT2D eigenvalue weighted by atomic mass is 16.4. The zero-order valence-electron chi connectivity index (χ0n) is 11.3. The summed E-state index contributed by atoms with van der Waals surface area (Å²) in [6.45, 7) is 1.92. The van der Waals surface area contributed by atoms with Crippen LogP contribution in [-0.4, -0.2) is 23.0 Å². The zero-order chi connectivity index (χ0) is 13.4. The van der Waals surface area contributed by atoms with Gasteiger partial charge in [-0.25, -0.2) is 4.79 Å². The summed E-state index contributed by atoms with van der Waals surface area (Å²) in [7, 11) is 0. The Kier molecular flexibility index (Phi) is 6.76. The van der Waals surface area contributed by atoms with Gasteiger partial charge in [0.05, 0.1) is 0 Å². The minimum absolute atomic E-state index is 0.0947. The Hall–Kier alpha value is -1.06. The van der Waals surface area contributed by atoms with Crippen molar-refractivity contribution in [1.29, 1.82) is 0 Å². The monoisotopic (exact) mass is 255 g/mol. The molecule has 0 unspecified atom stereocenters. The Labute approximate surface area is 109 Å². The SMILES string of the molecule is CCC[C@H](NC(=O)CC1CCCCCC1)C(=O)O. The predicted molar refractivity (Wildman–Crippen MR) is 70.3 cm³/mol. The first-order chi connectivity index (χ1) is 8.63. The molecule has 1 amide bonds. The predicted octanol–water partition coefficient (Wildman–Crippen LogP) is 2.72. The quantitative estimate of drug-likeness (QED) is 0.717. The molecule has 18 heavy (non-hydrogen) atoms. The van der Waals surface area contributed by atoms with Crippen molar-refractivity contribution < 1.29 is 14.7 Å². The molecule has 2 N–H and O–H groups in total. The normalized spacial score (nSPS) is 18.9. The number of nitrogens with one attached hydrogen (secondary N) is 1. The van der Waals surface area contributed by atoms with E-state index < -0.39 is 12.0 Å². The van der Waals surface area contributed by atoms with E-state index in [4.69, 9.17) is 5.11 Å². The highest BCUT2D eigenvalue weighted by Crippen LogP contribution is 2.25. The van der Waals surface area contributed by atoms with E-state index in [2.05, 4.69) is 5.32 Å². The van der Waals surface area contributed by atoms with Gasteiger partial charge in [-0.3, -0.25) is 4.79 Å². The Morgan fingerprint density at radius 3 is 2.33 bits per heavy atom. The van der Waals surface area contributed by atoms with Crippen LogP contribution in [0.1, 0.15) is 64.7 Å². The minimum Gasteiger partial charge on any atom is -0.480 e. The number of amides is 1. The summed E-state index contributed by atoms with van der Waals surface area (Å²) in [6, 6.07) is -0.715. The van der Waals surface area contributed by atoms with E-state index in [-0.39, 0.29) is 5.91 Å². The van der Waals surface area contributed by atoms with Gasteiger partial charge in [-0.1, -0.05) is 39.0 Å². The van der Waals surface area contributed by atoms with Gasteiger partial charge in [-0.2, -0.15) is 0 Å². The maximum absolute atomic E-state index is 11.8. The standard InChI is InChI=1S/C14H25NO3/c1-2-7-12(14(17)18)15-13(16)10-11-8-5-3-4-6-9-11/h11-12H,2-10H2,1H3,(H,15,16)(H,17,18)/t12-/m0/s1. The number of hydrogen-bond donors (Lipinski definition) is 2. The molecule has 0 spiro atoms. The topological polar surface area (TPSA) is 66.4 Å². The van der Waals surface area contributed by atoms with Gasteiger partial charge < -0.3 is 10.4 Å². The molecule has 1 aliphatic rings.